The second-order valence-electron chi connectivity index (χ2n) is 2.86. The van der Waals surface area contributed by atoms with Gasteiger partial charge in [-0.1, -0.05) is 0 Å². The molecule has 0 atom stereocenters. The lowest BCUT2D eigenvalue weighted by atomic mass is 10.3. The molecule has 1 rings (SSSR count). The molecule has 0 fully saturated rings. The van der Waals surface area contributed by atoms with Crippen LogP contribution in [0.3, 0.4) is 0 Å². The normalized spacial score (nSPS) is 9.25. The number of nitrogens with one attached hydrogen (secondary N) is 1. The van der Waals surface area contributed by atoms with Crippen LogP contribution in [0, 0.1) is 22.5 Å². The fourth-order valence-electron chi connectivity index (χ4n) is 1.08. The summed E-state index contributed by atoms with van der Waals surface area (Å²) >= 11 is 0. The molecule has 0 saturated carbocycles. The SMILES string of the molecule is C#CCCNc1nc(OC)ccc1[N+](=O)[O-]. The molecule has 0 aliphatic carbocycles. The molecule has 1 heterocycles. The number of hydrogen-bond acceptors (Lipinski definition) is 5. The molecular formula is C10H11N3O3. The number of aromatic nitrogens is 1. The molecule has 0 radical (unpaired) electrons. The van der Waals surface area contributed by atoms with E-state index in [-0.39, 0.29) is 11.5 Å². The third-order valence-electron chi connectivity index (χ3n) is 1.82. The maximum Gasteiger partial charge on any atom is 0.311 e. The standard InChI is InChI=1S/C10H11N3O3/c1-3-4-7-11-10-8(13(14)15)5-6-9(12-10)16-2/h1,5-6H,4,7H2,2H3,(H,11,12). The highest BCUT2D eigenvalue weighted by Gasteiger charge is 2.15. The summed E-state index contributed by atoms with van der Waals surface area (Å²) in [4.78, 5) is 14.1. The van der Waals surface area contributed by atoms with Crippen LogP contribution in [-0.4, -0.2) is 23.6 Å². The van der Waals surface area contributed by atoms with Crippen molar-refractivity contribution in [2.24, 2.45) is 0 Å². The number of anilines is 1. The van der Waals surface area contributed by atoms with Crippen LogP contribution in [0.25, 0.3) is 0 Å². The molecule has 84 valence electrons. The molecule has 0 aliphatic rings. The second-order valence-corrected chi connectivity index (χ2v) is 2.86. The van der Waals surface area contributed by atoms with Crippen molar-refractivity contribution in [1.82, 2.24) is 4.98 Å². The first-order valence-electron chi connectivity index (χ1n) is 4.55. The summed E-state index contributed by atoms with van der Waals surface area (Å²) in [6.45, 7) is 0.428. The van der Waals surface area contributed by atoms with E-state index in [9.17, 15) is 10.1 Å². The highest BCUT2D eigenvalue weighted by Crippen LogP contribution is 2.24. The molecule has 1 N–H and O–H groups in total. The van der Waals surface area contributed by atoms with Gasteiger partial charge in [0.05, 0.1) is 12.0 Å². The Kier molecular flexibility index (Phi) is 4.09. The molecule has 0 aromatic carbocycles. The Morgan fingerprint density at radius 3 is 3.00 bits per heavy atom. The Balaban J connectivity index is 2.92. The number of nitrogens with zero attached hydrogens (tertiary/aromatic N) is 2. The largest absolute Gasteiger partial charge is 0.481 e. The van der Waals surface area contributed by atoms with Gasteiger partial charge in [-0.3, -0.25) is 10.1 Å². The number of terminal acetylenes is 1. The average molecular weight is 221 g/mol. The number of hydrogen-bond donors (Lipinski definition) is 1. The maximum atomic E-state index is 10.7. The smallest absolute Gasteiger partial charge is 0.311 e. The zero-order valence-corrected chi connectivity index (χ0v) is 8.77. The third-order valence-corrected chi connectivity index (χ3v) is 1.82. The fourth-order valence-corrected chi connectivity index (χ4v) is 1.08. The van der Waals surface area contributed by atoms with E-state index in [1.54, 1.807) is 0 Å². The minimum atomic E-state index is -0.509. The molecule has 0 bridgehead atoms. The van der Waals surface area contributed by atoms with E-state index in [0.29, 0.717) is 18.8 Å². The van der Waals surface area contributed by atoms with Gasteiger partial charge in [0.15, 0.2) is 0 Å². The summed E-state index contributed by atoms with van der Waals surface area (Å²) in [5, 5.41) is 13.5. The minimum absolute atomic E-state index is 0.0992. The van der Waals surface area contributed by atoms with E-state index in [0.717, 1.165) is 0 Å². The quantitative estimate of drug-likeness (QED) is 0.352. The second kappa shape index (κ2) is 5.56. The van der Waals surface area contributed by atoms with Crippen molar-refractivity contribution in [3.05, 3.63) is 22.2 Å². The van der Waals surface area contributed by atoms with Crippen LogP contribution in [0.2, 0.25) is 0 Å². The first-order valence-corrected chi connectivity index (χ1v) is 4.55. The molecule has 0 unspecified atom stereocenters. The van der Waals surface area contributed by atoms with Crippen molar-refractivity contribution in [2.45, 2.75) is 6.42 Å². The van der Waals surface area contributed by atoms with Crippen LogP contribution in [0.5, 0.6) is 5.88 Å². The minimum Gasteiger partial charge on any atom is -0.481 e. The fraction of sp³-hybridized carbons (Fsp3) is 0.300. The molecule has 16 heavy (non-hydrogen) atoms. The van der Waals surface area contributed by atoms with Gasteiger partial charge in [-0.25, -0.2) is 0 Å². The molecule has 0 saturated heterocycles. The number of rotatable bonds is 5. The van der Waals surface area contributed by atoms with E-state index in [4.69, 9.17) is 11.2 Å². The van der Waals surface area contributed by atoms with Crippen LogP contribution in [0.4, 0.5) is 11.5 Å². The molecule has 1 aromatic rings. The summed E-state index contributed by atoms with van der Waals surface area (Å²) in [7, 11) is 1.44. The maximum absolute atomic E-state index is 10.7. The van der Waals surface area contributed by atoms with Gasteiger partial charge in [0.2, 0.25) is 11.7 Å². The van der Waals surface area contributed by atoms with Gasteiger partial charge in [0.1, 0.15) is 0 Å². The summed E-state index contributed by atoms with van der Waals surface area (Å²) in [6, 6.07) is 2.77. The van der Waals surface area contributed by atoms with Crippen LogP contribution < -0.4 is 10.1 Å². The van der Waals surface area contributed by atoms with Gasteiger partial charge in [0.25, 0.3) is 0 Å². The molecule has 0 amide bonds. The van der Waals surface area contributed by atoms with Crippen molar-refractivity contribution < 1.29 is 9.66 Å². The first-order chi connectivity index (χ1) is 7.69. The summed E-state index contributed by atoms with van der Waals surface area (Å²) < 4.78 is 4.88. The topological polar surface area (TPSA) is 77.3 Å². The van der Waals surface area contributed by atoms with E-state index in [1.807, 2.05) is 0 Å². The lowest BCUT2D eigenvalue weighted by Crippen LogP contribution is -2.06. The molecule has 6 heteroatoms. The lowest BCUT2D eigenvalue weighted by Gasteiger charge is -2.05. The van der Waals surface area contributed by atoms with Crippen molar-refractivity contribution in [3.63, 3.8) is 0 Å². The average Bonchev–Trinajstić information content (AvgIpc) is 2.29. The number of nitro groups is 1. The Labute approximate surface area is 92.8 Å². The molecule has 0 spiro atoms. The predicted octanol–water partition coefficient (Wildman–Crippen LogP) is 1.43. The van der Waals surface area contributed by atoms with E-state index in [2.05, 4.69) is 16.2 Å². The highest BCUT2D eigenvalue weighted by molar-refractivity contribution is 5.57. The first kappa shape index (κ1) is 11.8. The number of pyridine rings is 1. The van der Waals surface area contributed by atoms with Gasteiger partial charge >= 0.3 is 5.69 Å². The molecule has 0 aliphatic heterocycles. The van der Waals surface area contributed by atoms with E-state index in [1.165, 1.54) is 19.2 Å². The molecular weight excluding hydrogens is 210 g/mol. The molecule has 1 aromatic heterocycles. The van der Waals surface area contributed by atoms with Gasteiger partial charge in [0, 0.05) is 25.1 Å². The van der Waals surface area contributed by atoms with Crippen LogP contribution in [0.15, 0.2) is 12.1 Å². The van der Waals surface area contributed by atoms with Crippen LogP contribution in [-0.2, 0) is 0 Å². The zero-order valence-electron chi connectivity index (χ0n) is 8.77. The van der Waals surface area contributed by atoms with Gasteiger partial charge in [-0.15, -0.1) is 12.3 Å². The Hall–Kier alpha value is -2.29. The summed E-state index contributed by atoms with van der Waals surface area (Å²) in [5.41, 5.74) is -0.0992. The Bertz CT molecular complexity index is 426. The van der Waals surface area contributed by atoms with Crippen molar-refractivity contribution in [1.29, 1.82) is 0 Å². The highest BCUT2D eigenvalue weighted by atomic mass is 16.6. The Morgan fingerprint density at radius 2 is 2.44 bits per heavy atom. The monoisotopic (exact) mass is 221 g/mol. The van der Waals surface area contributed by atoms with Crippen LogP contribution >= 0.6 is 0 Å². The van der Waals surface area contributed by atoms with Crippen molar-refractivity contribution in [2.75, 3.05) is 19.0 Å². The predicted molar refractivity (Wildman–Crippen MR) is 59.4 cm³/mol. The van der Waals surface area contributed by atoms with Gasteiger partial charge in [-0.05, 0) is 0 Å². The van der Waals surface area contributed by atoms with E-state index >= 15 is 0 Å². The Morgan fingerprint density at radius 1 is 1.69 bits per heavy atom. The summed E-state index contributed by atoms with van der Waals surface area (Å²) in [6.07, 6.45) is 5.55. The van der Waals surface area contributed by atoms with Crippen molar-refractivity contribution >= 4 is 11.5 Å². The van der Waals surface area contributed by atoms with Crippen molar-refractivity contribution in [3.8, 4) is 18.2 Å². The van der Waals surface area contributed by atoms with E-state index < -0.39 is 4.92 Å². The van der Waals surface area contributed by atoms with Crippen LogP contribution in [0.1, 0.15) is 6.42 Å². The molecule has 6 nitrogen and oxygen atoms in total. The zero-order chi connectivity index (χ0) is 12.0. The lowest BCUT2D eigenvalue weighted by molar-refractivity contribution is -0.384. The number of methoxy groups -OCH3 is 1. The third kappa shape index (κ3) is 2.85. The number of ether oxygens (including phenoxy) is 1. The van der Waals surface area contributed by atoms with Gasteiger partial charge in [-0.2, -0.15) is 4.98 Å². The summed E-state index contributed by atoms with van der Waals surface area (Å²) in [5.74, 6) is 2.90. The van der Waals surface area contributed by atoms with Gasteiger partial charge < -0.3 is 10.1 Å².